The Morgan fingerprint density at radius 3 is 2.83 bits per heavy atom. The molecule has 0 aromatic rings. The third-order valence-corrected chi connectivity index (χ3v) is 5.89. The molecule has 0 aromatic carbocycles. The molecule has 1 N–H and O–H groups in total. The minimum absolute atomic E-state index is 0.181. The molecule has 2 unspecified atom stereocenters. The summed E-state index contributed by atoms with van der Waals surface area (Å²) in [5.74, 6) is 0.212. The van der Waals surface area contributed by atoms with Gasteiger partial charge in [-0.2, -0.15) is 4.31 Å². The molecule has 2 atom stereocenters. The Kier molecular flexibility index (Phi) is 5.00. The van der Waals surface area contributed by atoms with Crippen LogP contribution in [0.2, 0.25) is 0 Å². The highest BCUT2D eigenvalue weighted by Crippen LogP contribution is 2.27. The second-order valence-corrected chi connectivity index (χ2v) is 7.23. The predicted octanol–water partition coefficient (Wildman–Crippen LogP) is 0.569. The van der Waals surface area contributed by atoms with Crippen molar-refractivity contribution in [3.05, 3.63) is 0 Å². The Morgan fingerprint density at radius 2 is 2.17 bits per heavy atom. The molecule has 0 radical (unpaired) electrons. The normalized spacial score (nSPS) is 30.1. The Hall–Kier alpha value is -0.170. The van der Waals surface area contributed by atoms with Crippen molar-refractivity contribution >= 4 is 10.0 Å². The summed E-state index contributed by atoms with van der Waals surface area (Å²) >= 11 is 0. The van der Waals surface area contributed by atoms with Crippen LogP contribution < -0.4 is 5.32 Å². The number of rotatable bonds is 6. The van der Waals surface area contributed by atoms with Crippen LogP contribution in [0.4, 0.5) is 0 Å². The van der Waals surface area contributed by atoms with Crippen LogP contribution in [0, 0.1) is 0 Å². The van der Waals surface area contributed by atoms with Crippen LogP contribution in [0.25, 0.3) is 0 Å². The number of nitrogens with one attached hydrogen (secondary N) is 1. The molecule has 0 amide bonds. The van der Waals surface area contributed by atoms with Crippen LogP contribution in [-0.4, -0.2) is 57.4 Å². The van der Waals surface area contributed by atoms with Crippen molar-refractivity contribution in [3.8, 4) is 0 Å². The molecule has 0 saturated carbocycles. The molecule has 0 bridgehead atoms. The maximum Gasteiger partial charge on any atom is 0.214 e. The van der Waals surface area contributed by atoms with Crippen LogP contribution >= 0.6 is 0 Å². The van der Waals surface area contributed by atoms with Crippen molar-refractivity contribution < 1.29 is 13.2 Å². The van der Waals surface area contributed by atoms with Crippen molar-refractivity contribution in [2.45, 2.75) is 44.2 Å². The summed E-state index contributed by atoms with van der Waals surface area (Å²) in [6, 6.07) is 0.546. The maximum atomic E-state index is 12.3. The van der Waals surface area contributed by atoms with Crippen molar-refractivity contribution in [1.29, 1.82) is 0 Å². The summed E-state index contributed by atoms with van der Waals surface area (Å²) < 4.78 is 31.3. The molecule has 6 heteroatoms. The Balaban J connectivity index is 1.96. The fourth-order valence-corrected chi connectivity index (χ4v) is 4.85. The van der Waals surface area contributed by atoms with Gasteiger partial charge in [0.05, 0.1) is 5.75 Å². The van der Waals surface area contributed by atoms with E-state index in [2.05, 4.69) is 5.32 Å². The number of sulfonamides is 1. The quantitative estimate of drug-likeness (QED) is 0.721. The van der Waals surface area contributed by atoms with E-state index in [0.29, 0.717) is 25.6 Å². The van der Waals surface area contributed by atoms with Crippen LogP contribution in [-0.2, 0) is 14.8 Å². The second kappa shape index (κ2) is 6.32. The van der Waals surface area contributed by atoms with E-state index in [0.717, 1.165) is 25.8 Å². The van der Waals surface area contributed by atoms with Gasteiger partial charge in [-0.05, 0) is 38.6 Å². The van der Waals surface area contributed by atoms with E-state index in [1.165, 1.54) is 6.42 Å². The molecule has 106 valence electrons. The molecule has 2 heterocycles. The Labute approximate surface area is 110 Å². The molecular formula is C12H24N2O3S. The highest BCUT2D eigenvalue weighted by atomic mass is 32.2. The van der Waals surface area contributed by atoms with E-state index < -0.39 is 10.0 Å². The lowest BCUT2D eigenvalue weighted by molar-refractivity contribution is 0.199. The van der Waals surface area contributed by atoms with Crippen molar-refractivity contribution in [1.82, 2.24) is 9.62 Å². The minimum atomic E-state index is -3.11. The smallest absolute Gasteiger partial charge is 0.214 e. The van der Waals surface area contributed by atoms with Crippen molar-refractivity contribution in [2.75, 3.05) is 32.6 Å². The van der Waals surface area contributed by atoms with Crippen LogP contribution in [0.3, 0.4) is 0 Å². The molecule has 5 nitrogen and oxygen atoms in total. The van der Waals surface area contributed by atoms with Gasteiger partial charge in [-0.3, -0.25) is 0 Å². The lowest BCUT2D eigenvalue weighted by Crippen LogP contribution is -2.47. The minimum Gasteiger partial charge on any atom is -0.385 e. The third-order valence-electron chi connectivity index (χ3n) is 3.92. The first kappa shape index (κ1) is 14.2. The van der Waals surface area contributed by atoms with Gasteiger partial charge in [-0.15, -0.1) is 0 Å². The number of methoxy groups -OCH3 is 1. The van der Waals surface area contributed by atoms with Gasteiger partial charge < -0.3 is 10.1 Å². The molecule has 0 aromatic heterocycles. The Morgan fingerprint density at radius 1 is 1.33 bits per heavy atom. The van der Waals surface area contributed by atoms with Gasteiger partial charge in [0.1, 0.15) is 0 Å². The summed E-state index contributed by atoms with van der Waals surface area (Å²) in [5, 5.41) is 3.44. The first-order valence-corrected chi connectivity index (χ1v) is 8.48. The standard InChI is InChI=1S/C12H24N2O3S/c1-17-9-4-10-18(15,16)14-8-3-6-12(14)11-5-2-7-13-11/h11-13H,2-10H2,1H3. The second-order valence-electron chi connectivity index (χ2n) is 5.19. The van der Waals surface area contributed by atoms with E-state index >= 15 is 0 Å². The maximum absolute atomic E-state index is 12.3. The van der Waals surface area contributed by atoms with Crippen LogP contribution in [0.1, 0.15) is 32.1 Å². The van der Waals surface area contributed by atoms with Crippen molar-refractivity contribution in [2.24, 2.45) is 0 Å². The number of nitrogens with zero attached hydrogens (tertiary/aromatic N) is 1. The molecule has 18 heavy (non-hydrogen) atoms. The van der Waals surface area contributed by atoms with Crippen LogP contribution in [0.5, 0.6) is 0 Å². The largest absolute Gasteiger partial charge is 0.385 e. The SMILES string of the molecule is COCCCS(=O)(=O)N1CCCC1C1CCCN1. The van der Waals surface area contributed by atoms with E-state index in [9.17, 15) is 8.42 Å². The number of hydrogen-bond donors (Lipinski definition) is 1. The van der Waals surface area contributed by atoms with Gasteiger partial charge in [0.25, 0.3) is 0 Å². The average Bonchev–Trinajstić information content (AvgIpc) is 3.00. The molecule has 0 aliphatic carbocycles. The van der Waals surface area contributed by atoms with E-state index in [-0.39, 0.29) is 11.8 Å². The first-order chi connectivity index (χ1) is 8.65. The number of ether oxygens (including phenoxy) is 1. The fourth-order valence-electron chi connectivity index (χ4n) is 3.06. The summed E-state index contributed by atoms with van der Waals surface area (Å²) in [7, 11) is -1.50. The topological polar surface area (TPSA) is 58.6 Å². The van der Waals surface area contributed by atoms with Crippen LogP contribution in [0.15, 0.2) is 0 Å². The predicted molar refractivity (Wildman–Crippen MR) is 71.0 cm³/mol. The van der Waals surface area contributed by atoms with E-state index in [1.807, 2.05) is 0 Å². The third kappa shape index (κ3) is 3.23. The summed E-state index contributed by atoms with van der Waals surface area (Å²) in [4.78, 5) is 0. The lowest BCUT2D eigenvalue weighted by Gasteiger charge is -2.28. The molecule has 2 rings (SSSR count). The zero-order valence-corrected chi connectivity index (χ0v) is 11.9. The summed E-state index contributed by atoms with van der Waals surface area (Å²) in [6.07, 6.45) is 4.85. The highest BCUT2D eigenvalue weighted by Gasteiger charge is 2.39. The average molecular weight is 276 g/mol. The number of hydrogen-bond acceptors (Lipinski definition) is 4. The molecule has 2 fully saturated rings. The van der Waals surface area contributed by atoms with Crippen molar-refractivity contribution in [3.63, 3.8) is 0 Å². The summed E-state index contributed by atoms with van der Waals surface area (Å²) in [5.41, 5.74) is 0. The monoisotopic (exact) mass is 276 g/mol. The Bertz CT molecular complexity index is 352. The fraction of sp³-hybridized carbons (Fsp3) is 1.00. The van der Waals surface area contributed by atoms with E-state index in [4.69, 9.17) is 4.74 Å². The van der Waals surface area contributed by atoms with E-state index in [1.54, 1.807) is 11.4 Å². The zero-order valence-electron chi connectivity index (χ0n) is 11.1. The van der Waals surface area contributed by atoms with Gasteiger partial charge in [0.2, 0.25) is 10.0 Å². The zero-order chi connectivity index (χ0) is 13.0. The molecule has 2 aliphatic rings. The molecular weight excluding hydrogens is 252 g/mol. The molecule has 2 saturated heterocycles. The first-order valence-electron chi connectivity index (χ1n) is 6.87. The summed E-state index contributed by atoms with van der Waals surface area (Å²) in [6.45, 7) is 2.23. The molecule has 0 spiro atoms. The van der Waals surface area contributed by atoms with Gasteiger partial charge in [0.15, 0.2) is 0 Å². The van der Waals surface area contributed by atoms with Gasteiger partial charge in [-0.25, -0.2) is 8.42 Å². The highest BCUT2D eigenvalue weighted by molar-refractivity contribution is 7.89. The van der Waals surface area contributed by atoms with Gasteiger partial charge >= 0.3 is 0 Å². The lowest BCUT2D eigenvalue weighted by atomic mass is 10.1. The van der Waals surface area contributed by atoms with Gasteiger partial charge in [0, 0.05) is 32.3 Å². The van der Waals surface area contributed by atoms with Gasteiger partial charge in [-0.1, -0.05) is 0 Å². The molecule has 2 aliphatic heterocycles.